The topological polar surface area (TPSA) is 151 Å². The molecule has 0 unspecified atom stereocenters. The molecule has 3 amide bonds. The summed E-state index contributed by atoms with van der Waals surface area (Å²) < 4.78 is 53.2. The molecule has 7 rings (SSSR count). The van der Waals surface area contributed by atoms with E-state index in [0.29, 0.717) is 48.2 Å². The van der Waals surface area contributed by atoms with E-state index in [0.717, 1.165) is 25.7 Å². The van der Waals surface area contributed by atoms with Crippen LogP contribution in [0.15, 0.2) is 54.6 Å². The second-order valence-electron chi connectivity index (χ2n) is 15.5. The zero-order chi connectivity index (χ0) is 37.5. The summed E-state index contributed by atoms with van der Waals surface area (Å²) in [5, 5.41) is 3.35. The van der Waals surface area contributed by atoms with Crippen LogP contribution in [-0.4, -0.2) is 78.5 Å². The van der Waals surface area contributed by atoms with Crippen LogP contribution in [-0.2, 0) is 42.2 Å². The first kappa shape index (κ1) is 36.9. The third-order valence-corrected chi connectivity index (χ3v) is 13.9. The highest BCUT2D eigenvalue weighted by atomic mass is 32.2. The lowest BCUT2D eigenvalue weighted by molar-refractivity contribution is -0.139. The van der Waals surface area contributed by atoms with Crippen molar-refractivity contribution in [2.45, 2.75) is 107 Å². The fraction of sp³-hybridized carbons (Fsp3) is 0.538. The van der Waals surface area contributed by atoms with Gasteiger partial charge >= 0.3 is 6.09 Å². The standard InChI is InChI=1S/C39H47FN4O8S/c1-38(17-18-38)53(49,50)42-36(47)39-20-26(39)10-6-4-3-5-7-12-32(41-27-13-15-28(51-2)16-14-27)35(46)44-23-29(19-33(44)34(45)21-39)52-37(48)43-22-25-9-8-11-31(40)30(25)24-43/h6,8-11,13-16,26,29,32-33,41H,3-5,7,12,17-24H2,1-2H3,(H,42,47)/b10-6-/t26-,29+,32-,33-,39+/m0/s1. The third-order valence-electron chi connectivity index (χ3n) is 11.7. The number of sulfonamides is 1. The summed E-state index contributed by atoms with van der Waals surface area (Å²) in [4.78, 5) is 59.1. The van der Waals surface area contributed by atoms with Crippen LogP contribution in [0.2, 0.25) is 0 Å². The van der Waals surface area contributed by atoms with Crippen molar-refractivity contribution in [3.63, 3.8) is 0 Å². The molecule has 0 aromatic heterocycles. The highest BCUT2D eigenvalue weighted by molar-refractivity contribution is 7.91. The summed E-state index contributed by atoms with van der Waals surface area (Å²) >= 11 is 0. The number of nitrogens with zero attached hydrogens (tertiary/aromatic N) is 2. The molecule has 14 heteroatoms. The highest BCUT2D eigenvalue weighted by Gasteiger charge is 2.62. The van der Waals surface area contributed by atoms with Crippen molar-refractivity contribution >= 4 is 39.4 Å². The maximum Gasteiger partial charge on any atom is 0.410 e. The summed E-state index contributed by atoms with van der Waals surface area (Å²) in [6.45, 7) is 1.77. The van der Waals surface area contributed by atoms with E-state index in [4.69, 9.17) is 9.47 Å². The van der Waals surface area contributed by atoms with Gasteiger partial charge in [-0.2, -0.15) is 0 Å². The number of hydrogen-bond acceptors (Lipinski definition) is 9. The number of methoxy groups -OCH3 is 1. The monoisotopic (exact) mass is 750 g/mol. The van der Waals surface area contributed by atoms with Crippen molar-refractivity contribution in [1.82, 2.24) is 14.5 Å². The molecule has 5 atom stereocenters. The average Bonchev–Trinajstić information content (AvgIpc) is 3.92. The molecule has 1 saturated heterocycles. The molecule has 3 fully saturated rings. The molecule has 0 radical (unpaired) electrons. The van der Waals surface area contributed by atoms with Gasteiger partial charge in [0.2, 0.25) is 21.8 Å². The largest absolute Gasteiger partial charge is 0.497 e. The molecular weight excluding hydrogens is 704 g/mol. The van der Waals surface area contributed by atoms with E-state index in [1.165, 1.54) is 15.9 Å². The van der Waals surface area contributed by atoms with Crippen LogP contribution in [0.1, 0.15) is 82.3 Å². The van der Waals surface area contributed by atoms with E-state index in [1.54, 1.807) is 38.3 Å². The molecule has 2 aromatic rings. The molecule has 2 aromatic carbocycles. The number of halogens is 1. The lowest BCUT2D eigenvalue weighted by Gasteiger charge is -2.30. The highest BCUT2D eigenvalue weighted by Crippen LogP contribution is 2.57. The number of carbonyl (C=O) groups excluding carboxylic acids is 4. The van der Waals surface area contributed by atoms with Crippen molar-refractivity contribution in [2.24, 2.45) is 11.3 Å². The van der Waals surface area contributed by atoms with Crippen LogP contribution in [0.5, 0.6) is 5.75 Å². The van der Waals surface area contributed by atoms with Crippen LogP contribution in [0.3, 0.4) is 0 Å². The average molecular weight is 751 g/mol. The molecule has 2 saturated carbocycles. The molecule has 284 valence electrons. The third kappa shape index (κ3) is 7.52. The number of carbonyl (C=O) groups is 4. The van der Waals surface area contributed by atoms with Gasteiger partial charge < -0.3 is 19.7 Å². The Labute approximate surface area is 309 Å². The smallest absolute Gasteiger partial charge is 0.410 e. The molecule has 0 spiro atoms. The Morgan fingerprint density at radius 2 is 1.79 bits per heavy atom. The Morgan fingerprint density at radius 1 is 1.02 bits per heavy atom. The van der Waals surface area contributed by atoms with Gasteiger partial charge in [-0.15, -0.1) is 0 Å². The second kappa shape index (κ2) is 14.4. The van der Waals surface area contributed by atoms with E-state index in [2.05, 4.69) is 10.0 Å². The van der Waals surface area contributed by atoms with Gasteiger partial charge in [0.25, 0.3) is 0 Å². The number of allylic oxidation sites excluding steroid dienone is 2. The van der Waals surface area contributed by atoms with E-state index < -0.39 is 62.0 Å². The van der Waals surface area contributed by atoms with Gasteiger partial charge in [-0.05, 0) is 87.3 Å². The van der Waals surface area contributed by atoms with Gasteiger partial charge in [0.1, 0.15) is 23.7 Å². The normalized spacial score (nSPS) is 28.7. The molecule has 3 heterocycles. The van der Waals surface area contributed by atoms with Crippen molar-refractivity contribution in [3.05, 3.63) is 71.6 Å². The second-order valence-corrected chi connectivity index (χ2v) is 17.7. The summed E-state index contributed by atoms with van der Waals surface area (Å²) in [5.41, 5.74) is 0.531. The quantitative estimate of drug-likeness (QED) is 0.363. The van der Waals surface area contributed by atoms with Gasteiger partial charge in [0, 0.05) is 30.6 Å². The fourth-order valence-electron chi connectivity index (χ4n) is 7.90. The van der Waals surface area contributed by atoms with Crippen LogP contribution < -0.4 is 14.8 Å². The van der Waals surface area contributed by atoms with Crippen molar-refractivity contribution in [3.8, 4) is 5.75 Å². The van der Waals surface area contributed by atoms with E-state index in [-0.39, 0.29) is 44.3 Å². The fourth-order valence-corrected chi connectivity index (χ4v) is 9.24. The Balaban J connectivity index is 1.15. The summed E-state index contributed by atoms with van der Waals surface area (Å²) in [7, 11) is -2.38. The van der Waals surface area contributed by atoms with Crippen LogP contribution in [0.25, 0.3) is 0 Å². The molecule has 5 aliphatic rings. The van der Waals surface area contributed by atoms with Crippen molar-refractivity contribution < 1.29 is 41.5 Å². The number of benzene rings is 2. The molecule has 0 bridgehead atoms. The number of Topliss-reactive ketones (excluding diaryl/α,β-unsaturated/α-hetero) is 1. The SMILES string of the molecule is COc1ccc(N[C@H]2CCCCC/C=C\[C@H]3C[C@@]3(C(=O)NS(=O)(=O)C3(C)CC3)CC(=O)[C@@H]3C[C@@H](OC(=O)N4Cc5cccc(F)c5C4)CN3C2=O)cc1. The number of amides is 3. The number of anilines is 1. The first-order valence-electron chi connectivity index (χ1n) is 18.5. The number of ether oxygens (including phenoxy) is 2. The van der Waals surface area contributed by atoms with Crippen LogP contribution >= 0.6 is 0 Å². The van der Waals surface area contributed by atoms with E-state index in [1.807, 2.05) is 24.3 Å². The Kier molecular flexibility index (Phi) is 10.0. The predicted octanol–water partition coefficient (Wildman–Crippen LogP) is 5.22. The predicted molar refractivity (Wildman–Crippen MR) is 194 cm³/mol. The molecule has 2 N–H and O–H groups in total. The number of fused-ring (bicyclic) bond motifs is 3. The summed E-state index contributed by atoms with van der Waals surface area (Å²) in [5.74, 6) is -1.51. The minimum Gasteiger partial charge on any atom is -0.497 e. The van der Waals surface area contributed by atoms with E-state index in [9.17, 15) is 32.0 Å². The summed E-state index contributed by atoms with van der Waals surface area (Å²) in [6, 6.07) is 10.2. The zero-order valence-corrected chi connectivity index (χ0v) is 31.0. The molecule has 53 heavy (non-hydrogen) atoms. The molecule has 2 aliphatic carbocycles. The van der Waals surface area contributed by atoms with Crippen molar-refractivity contribution in [2.75, 3.05) is 19.0 Å². The number of rotatable bonds is 7. The zero-order valence-electron chi connectivity index (χ0n) is 30.1. The van der Waals surface area contributed by atoms with Gasteiger partial charge in [-0.1, -0.05) is 37.1 Å². The lowest BCUT2D eigenvalue weighted by atomic mass is 9.91. The Morgan fingerprint density at radius 3 is 2.51 bits per heavy atom. The first-order valence-corrected chi connectivity index (χ1v) is 20.0. The van der Waals surface area contributed by atoms with E-state index >= 15 is 0 Å². The van der Waals surface area contributed by atoms with Crippen LogP contribution in [0.4, 0.5) is 14.9 Å². The first-order chi connectivity index (χ1) is 25.3. The molecular formula is C39H47FN4O8S. The van der Waals surface area contributed by atoms with Gasteiger partial charge in [-0.3, -0.25) is 24.0 Å². The van der Waals surface area contributed by atoms with Gasteiger partial charge in [0.05, 0.1) is 36.4 Å². The Hall–Kier alpha value is -4.46. The minimum atomic E-state index is -3.95. The minimum absolute atomic E-state index is 0.00922. The number of hydrogen-bond donors (Lipinski definition) is 2. The summed E-state index contributed by atoms with van der Waals surface area (Å²) in [6.07, 6.45) is 7.01. The maximum atomic E-state index is 14.5. The van der Waals surface area contributed by atoms with Crippen molar-refractivity contribution in [1.29, 1.82) is 0 Å². The maximum absolute atomic E-state index is 14.5. The van der Waals surface area contributed by atoms with Gasteiger partial charge in [-0.25, -0.2) is 17.6 Å². The lowest BCUT2D eigenvalue weighted by Crippen LogP contribution is -2.49. The van der Waals surface area contributed by atoms with Gasteiger partial charge in [0.15, 0.2) is 5.78 Å². The number of ketones is 1. The number of nitrogens with one attached hydrogen (secondary N) is 2. The van der Waals surface area contributed by atoms with Crippen LogP contribution in [0, 0.1) is 17.2 Å². The molecule has 12 nitrogen and oxygen atoms in total. The Bertz CT molecular complexity index is 1920. The molecule has 3 aliphatic heterocycles.